The van der Waals surface area contributed by atoms with Crippen LogP contribution in [0.2, 0.25) is 0 Å². The zero-order valence-electron chi connectivity index (χ0n) is 13.2. The molecular weight excluding hydrogens is 314 g/mol. The molecule has 6 nitrogen and oxygen atoms in total. The Morgan fingerprint density at radius 2 is 2.30 bits per heavy atom. The predicted molar refractivity (Wildman–Crippen MR) is 86.9 cm³/mol. The SMILES string of the molecule is CC(C)N1CCc2c(sc(NC(=O)C3=COCCO3)c2C#N)C1. The fraction of sp³-hybridized carbons (Fsp3) is 0.500. The van der Waals surface area contributed by atoms with E-state index in [0.29, 0.717) is 29.8 Å². The van der Waals surface area contributed by atoms with Gasteiger partial charge in [0, 0.05) is 24.0 Å². The van der Waals surface area contributed by atoms with Gasteiger partial charge in [-0.1, -0.05) is 0 Å². The number of anilines is 1. The Bertz CT molecular complexity index is 687. The Labute approximate surface area is 139 Å². The van der Waals surface area contributed by atoms with Gasteiger partial charge in [-0.15, -0.1) is 11.3 Å². The number of ether oxygens (including phenoxy) is 2. The van der Waals surface area contributed by atoms with Crippen LogP contribution in [0.1, 0.15) is 29.9 Å². The largest absolute Gasteiger partial charge is 0.494 e. The van der Waals surface area contributed by atoms with Crippen LogP contribution in [0.15, 0.2) is 12.0 Å². The topological polar surface area (TPSA) is 74.6 Å². The van der Waals surface area contributed by atoms with Gasteiger partial charge in [0.15, 0.2) is 0 Å². The number of thiophene rings is 1. The number of hydrogen-bond acceptors (Lipinski definition) is 6. The van der Waals surface area contributed by atoms with E-state index in [1.807, 2.05) is 0 Å². The molecule has 0 aliphatic carbocycles. The van der Waals surface area contributed by atoms with Crippen molar-refractivity contribution >= 4 is 22.2 Å². The maximum Gasteiger partial charge on any atom is 0.294 e. The molecule has 3 heterocycles. The number of hydrogen-bond donors (Lipinski definition) is 1. The molecule has 0 unspecified atom stereocenters. The summed E-state index contributed by atoms with van der Waals surface area (Å²) in [5.74, 6) is -0.226. The van der Waals surface area contributed by atoms with Gasteiger partial charge in [-0.25, -0.2) is 0 Å². The van der Waals surface area contributed by atoms with E-state index in [-0.39, 0.29) is 11.7 Å². The van der Waals surface area contributed by atoms with Crippen molar-refractivity contribution in [2.75, 3.05) is 25.1 Å². The van der Waals surface area contributed by atoms with Crippen LogP contribution in [0, 0.1) is 11.3 Å². The summed E-state index contributed by atoms with van der Waals surface area (Å²) >= 11 is 1.48. The van der Waals surface area contributed by atoms with E-state index >= 15 is 0 Å². The van der Waals surface area contributed by atoms with Crippen molar-refractivity contribution in [3.63, 3.8) is 0 Å². The van der Waals surface area contributed by atoms with Gasteiger partial charge in [0.25, 0.3) is 5.91 Å². The highest BCUT2D eigenvalue weighted by molar-refractivity contribution is 7.16. The predicted octanol–water partition coefficient (Wildman–Crippen LogP) is 2.21. The molecule has 122 valence electrons. The quantitative estimate of drug-likeness (QED) is 0.918. The molecule has 1 aromatic heterocycles. The monoisotopic (exact) mass is 333 g/mol. The van der Waals surface area contributed by atoms with Crippen LogP contribution in [-0.2, 0) is 27.2 Å². The lowest BCUT2D eigenvalue weighted by atomic mass is 10.0. The minimum Gasteiger partial charge on any atom is -0.494 e. The molecule has 0 fully saturated rings. The second-order valence-electron chi connectivity index (χ2n) is 5.79. The van der Waals surface area contributed by atoms with E-state index in [0.717, 1.165) is 30.0 Å². The lowest BCUT2D eigenvalue weighted by Gasteiger charge is -2.30. The van der Waals surface area contributed by atoms with Gasteiger partial charge in [-0.05, 0) is 25.8 Å². The van der Waals surface area contributed by atoms with Crippen molar-refractivity contribution in [2.45, 2.75) is 32.9 Å². The first-order valence-corrected chi connectivity index (χ1v) is 8.46. The molecule has 3 rings (SSSR count). The first kappa shape index (κ1) is 15.8. The molecule has 0 saturated carbocycles. The average molecular weight is 333 g/mol. The Hall–Kier alpha value is -2.04. The summed E-state index contributed by atoms with van der Waals surface area (Å²) in [6.45, 7) is 6.89. The lowest BCUT2D eigenvalue weighted by Crippen LogP contribution is -2.35. The van der Waals surface area contributed by atoms with Gasteiger partial charge >= 0.3 is 0 Å². The van der Waals surface area contributed by atoms with E-state index in [2.05, 4.69) is 30.1 Å². The maximum atomic E-state index is 12.2. The highest BCUT2D eigenvalue weighted by atomic mass is 32.1. The molecule has 1 aromatic rings. The van der Waals surface area contributed by atoms with Gasteiger partial charge in [0.2, 0.25) is 5.76 Å². The first-order valence-electron chi connectivity index (χ1n) is 7.64. The van der Waals surface area contributed by atoms with Crippen LogP contribution in [0.4, 0.5) is 5.00 Å². The molecule has 0 bridgehead atoms. The van der Waals surface area contributed by atoms with E-state index in [9.17, 15) is 10.1 Å². The van der Waals surface area contributed by atoms with Gasteiger partial charge in [0.05, 0.1) is 5.56 Å². The maximum absolute atomic E-state index is 12.2. The van der Waals surface area contributed by atoms with Crippen molar-refractivity contribution < 1.29 is 14.3 Å². The van der Waals surface area contributed by atoms with Crippen LogP contribution in [-0.4, -0.2) is 36.6 Å². The average Bonchev–Trinajstić information content (AvgIpc) is 2.91. The Morgan fingerprint density at radius 3 is 2.96 bits per heavy atom. The fourth-order valence-corrected chi connectivity index (χ4v) is 3.94. The van der Waals surface area contributed by atoms with E-state index in [4.69, 9.17) is 9.47 Å². The van der Waals surface area contributed by atoms with E-state index in [1.165, 1.54) is 17.6 Å². The molecule has 2 aliphatic rings. The van der Waals surface area contributed by atoms with Crippen LogP contribution >= 0.6 is 11.3 Å². The van der Waals surface area contributed by atoms with Crippen molar-refractivity contribution in [3.8, 4) is 6.07 Å². The number of carbonyl (C=O) groups is 1. The molecule has 1 N–H and O–H groups in total. The molecule has 2 aliphatic heterocycles. The highest BCUT2D eigenvalue weighted by Gasteiger charge is 2.27. The summed E-state index contributed by atoms with van der Waals surface area (Å²) < 4.78 is 10.4. The number of nitrogens with one attached hydrogen (secondary N) is 1. The Kier molecular flexibility index (Phi) is 4.55. The molecule has 1 amide bonds. The van der Waals surface area contributed by atoms with Gasteiger partial charge in [0.1, 0.15) is 30.5 Å². The van der Waals surface area contributed by atoms with Crippen molar-refractivity contribution in [1.29, 1.82) is 5.26 Å². The smallest absolute Gasteiger partial charge is 0.294 e. The number of rotatable bonds is 3. The van der Waals surface area contributed by atoms with E-state index < -0.39 is 0 Å². The van der Waals surface area contributed by atoms with E-state index in [1.54, 1.807) is 0 Å². The Balaban J connectivity index is 1.82. The summed E-state index contributed by atoms with van der Waals surface area (Å²) in [7, 11) is 0. The standard InChI is InChI=1S/C16H19N3O3S/c1-10(2)19-4-3-11-12(7-17)16(23-14(11)8-19)18-15(20)13-9-21-5-6-22-13/h9-10H,3-6,8H2,1-2H3,(H,18,20). The Morgan fingerprint density at radius 1 is 1.48 bits per heavy atom. The summed E-state index contributed by atoms with van der Waals surface area (Å²) in [4.78, 5) is 15.7. The van der Waals surface area contributed by atoms with Gasteiger partial charge < -0.3 is 14.8 Å². The molecule has 0 spiro atoms. The molecule has 0 atom stereocenters. The molecule has 23 heavy (non-hydrogen) atoms. The minimum absolute atomic E-state index is 0.148. The van der Waals surface area contributed by atoms with Crippen LogP contribution in [0.3, 0.4) is 0 Å². The van der Waals surface area contributed by atoms with Crippen LogP contribution in [0.5, 0.6) is 0 Å². The molecule has 7 heteroatoms. The van der Waals surface area contributed by atoms with Crippen LogP contribution in [0.25, 0.3) is 0 Å². The highest BCUT2D eigenvalue weighted by Crippen LogP contribution is 2.37. The van der Waals surface area contributed by atoms with Crippen molar-refractivity contribution in [3.05, 3.63) is 28.0 Å². The lowest BCUT2D eigenvalue weighted by molar-refractivity contribution is -0.117. The zero-order valence-corrected chi connectivity index (χ0v) is 14.0. The summed E-state index contributed by atoms with van der Waals surface area (Å²) in [5.41, 5.74) is 1.65. The number of carbonyl (C=O) groups excluding carboxylic acids is 1. The number of fused-ring (bicyclic) bond motifs is 1. The van der Waals surface area contributed by atoms with Gasteiger partial charge in [-0.3, -0.25) is 9.69 Å². The minimum atomic E-state index is -0.375. The van der Waals surface area contributed by atoms with Crippen LogP contribution < -0.4 is 5.32 Å². The summed E-state index contributed by atoms with van der Waals surface area (Å²) in [5, 5.41) is 12.9. The summed E-state index contributed by atoms with van der Waals surface area (Å²) in [6, 6.07) is 2.71. The third-order valence-electron chi connectivity index (χ3n) is 4.03. The number of nitrogens with zero attached hydrogens (tertiary/aromatic N) is 2. The molecule has 0 saturated heterocycles. The summed E-state index contributed by atoms with van der Waals surface area (Å²) in [6.07, 6.45) is 2.16. The zero-order chi connectivity index (χ0) is 16.4. The molecule has 0 aromatic carbocycles. The normalized spacial score (nSPS) is 17.6. The number of nitriles is 1. The first-order chi connectivity index (χ1) is 11.1. The van der Waals surface area contributed by atoms with Crippen molar-refractivity contribution in [2.24, 2.45) is 0 Å². The fourth-order valence-electron chi connectivity index (χ4n) is 2.72. The second kappa shape index (κ2) is 6.60. The van der Waals surface area contributed by atoms with Gasteiger partial charge in [-0.2, -0.15) is 5.26 Å². The third kappa shape index (κ3) is 3.19. The molecular formula is C16H19N3O3S. The second-order valence-corrected chi connectivity index (χ2v) is 6.89. The number of amides is 1. The van der Waals surface area contributed by atoms with Crippen molar-refractivity contribution in [1.82, 2.24) is 4.90 Å². The molecule has 0 radical (unpaired) electrons. The third-order valence-corrected chi connectivity index (χ3v) is 5.16.